The quantitative estimate of drug-likeness (QED) is 0.792. The number of nitrogens with one attached hydrogen (secondary N) is 1. The van der Waals surface area contributed by atoms with Gasteiger partial charge in [-0.05, 0) is 58.1 Å². The summed E-state index contributed by atoms with van der Waals surface area (Å²) in [6.45, 7) is 9.55. The van der Waals surface area contributed by atoms with Gasteiger partial charge in [0.05, 0.1) is 12.2 Å². The first-order valence-electron chi connectivity index (χ1n) is 7.48. The average Bonchev–Trinajstić information content (AvgIpc) is 3.21. The summed E-state index contributed by atoms with van der Waals surface area (Å²) in [5.74, 6) is 0.0921. The van der Waals surface area contributed by atoms with Crippen molar-refractivity contribution in [1.82, 2.24) is 15.1 Å². The van der Waals surface area contributed by atoms with E-state index in [1.54, 1.807) is 0 Å². The van der Waals surface area contributed by atoms with E-state index in [1.807, 2.05) is 18.5 Å². The highest BCUT2D eigenvalue weighted by molar-refractivity contribution is 5.85. The Balaban J connectivity index is 2.31. The molecule has 0 bridgehead atoms. The molecule has 112 valence electrons. The van der Waals surface area contributed by atoms with E-state index in [9.17, 15) is 4.79 Å². The fraction of sp³-hybridized carbons (Fsp3) is 0.733. The lowest BCUT2D eigenvalue weighted by Gasteiger charge is -2.32. The maximum absolute atomic E-state index is 12.1. The highest BCUT2D eigenvalue weighted by Gasteiger charge is 2.50. The van der Waals surface area contributed by atoms with Gasteiger partial charge in [-0.3, -0.25) is 9.48 Å². The minimum absolute atomic E-state index is 0.251. The molecule has 1 aromatic rings. The number of hydrogen-bond acceptors (Lipinski definition) is 3. The minimum atomic E-state index is -0.647. The molecule has 1 aliphatic rings. The number of rotatable bonds is 7. The van der Waals surface area contributed by atoms with Gasteiger partial charge in [0, 0.05) is 5.69 Å². The molecule has 1 atom stereocenters. The van der Waals surface area contributed by atoms with Crippen LogP contribution in [0.25, 0.3) is 0 Å². The SMILES string of the molecule is CCCNC(Cn1nc(C)c(C)c1C)(C(N)=O)C1CC1. The summed E-state index contributed by atoms with van der Waals surface area (Å²) >= 11 is 0. The van der Waals surface area contributed by atoms with Crippen molar-refractivity contribution in [1.29, 1.82) is 0 Å². The second kappa shape index (κ2) is 5.56. The van der Waals surface area contributed by atoms with Crippen molar-refractivity contribution >= 4 is 5.91 Å². The number of aryl methyl sites for hydroxylation is 1. The van der Waals surface area contributed by atoms with Crippen LogP contribution in [0.2, 0.25) is 0 Å². The predicted molar refractivity (Wildman–Crippen MR) is 79.4 cm³/mol. The van der Waals surface area contributed by atoms with Gasteiger partial charge in [-0.2, -0.15) is 5.10 Å². The summed E-state index contributed by atoms with van der Waals surface area (Å²) in [5, 5.41) is 7.98. The van der Waals surface area contributed by atoms with Gasteiger partial charge in [-0.25, -0.2) is 0 Å². The highest BCUT2D eigenvalue weighted by Crippen LogP contribution is 2.41. The van der Waals surface area contributed by atoms with Crippen molar-refractivity contribution in [3.8, 4) is 0 Å². The maximum Gasteiger partial charge on any atom is 0.239 e. The Bertz CT molecular complexity index is 504. The van der Waals surface area contributed by atoms with Crippen LogP contribution in [0.15, 0.2) is 0 Å². The molecule has 0 saturated heterocycles. The van der Waals surface area contributed by atoms with Gasteiger partial charge < -0.3 is 11.1 Å². The molecule has 20 heavy (non-hydrogen) atoms. The fourth-order valence-corrected chi connectivity index (χ4v) is 2.80. The average molecular weight is 278 g/mol. The van der Waals surface area contributed by atoms with Crippen LogP contribution in [0.5, 0.6) is 0 Å². The molecule has 1 aromatic heterocycles. The van der Waals surface area contributed by atoms with Crippen LogP contribution in [0.3, 0.4) is 0 Å². The lowest BCUT2D eigenvalue weighted by molar-refractivity contribution is -0.126. The largest absolute Gasteiger partial charge is 0.368 e. The van der Waals surface area contributed by atoms with Crippen LogP contribution < -0.4 is 11.1 Å². The number of carbonyl (C=O) groups excluding carboxylic acids is 1. The van der Waals surface area contributed by atoms with E-state index >= 15 is 0 Å². The Kier molecular flexibility index (Phi) is 4.18. The van der Waals surface area contributed by atoms with Gasteiger partial charge in [-0.1, -0.05) is 6.92 Å². The minimum Gasteiger partial charge on any atom is -0.368 e. The second-order valence-electron chi connectivity index (χ2n) is 5.99. The topological polar surface area (TPSA) is 72.9 Å². The van der Waals surface area contributed by atoms with Crippen LogP contribution in [0, 0.1) is 26.7 Å². The van der Waals surface area contributed by atoms with Crippen molar-refractivity contribution in [2.75, 3.05) is 6.54 Å². The predicted octanol–water partition coefficient (Wildman–Crippen LogP) is 1.44. The van der Waals surface area contributed by atoms with Gasteiger partial charge in [0.25, 0.3) is 0 Å². The van der Waals surface area contributed by atoms with E-state index in [1.165, 1.54) is 5.56 Å². The molecular weight excluding hydrogens is 252 g/mol. The fourth-order valence-electron chi connectivity index (χ4n) is 2.80. The smallest absolute Gasteiger partial charge is 0.239 e. The lowest BCUT2D eigenvalue weighted by Crippen LogP contribution is -2.60. The molecule has 1 fully saturated rings. The van der Waals surface area contributed by atoms with Crippen molar-refractivity contribution in [3.63, 3.8) is 0 Å². The molecule has 0 spiro atoms. The summed E-state index contributed by atoms with van der Waals surface area (Å²) in [7, 11) is 0. The lowest BCUT2D eigenvalue weighted by atomic mass is 9.91. The molecule has 1 amide bonds. The summed E-state index contributed by atoms with van der Waals surface area (Å²) < 4.78 is 1.94. The number of aromatic nitrogens is 2. The summed E-state index contributed by atoms with van der Waals surface area (Å²) in [6, 6.07) is 0. The third-order valence-electron chi connectivity index (χ3n) is 4.55. The normalized spacial score (nSPS) is 18.0. The van der Waals surface area contributed by atoms with Gasteiger partial charge in [0.2, 0.25) is 5.91 Å². The van der Waals surface area contributed by atoms with Crippen molar-refractivity contribution in [3.05, 3.63) is 17.0 Å². The third kappa shape index (κ3) is 2.59. The van der Waals surface area contributed by atoms with E-state index < -0.39 is 5.54 Å². The van der Waals surface area contributed by atoms with Crippen molar-refractivity contribution in [2.45, 2.75) is 59.0 Å². The van der Waals surface area contributed by atoms with Crippen LogP contribution in [0.4, 0.5) is 0 Å². The molecule has 1 heterocycles. The molecule has 0 aliphatic heterocycles. The van der Waals surface area contributed by atoms with Gasteiger partial charge in [-0.15, -0.1) is 0 Å². The van der Waals surface area contributed by atoms with Crippen molar-refractivity contribution < 1.29 is 4.79 Å². The molecule has 0 radical (unpaired) electrons. The number of nitrogens with zero attached hydrogens (tertiary/aromatic N) is 2. The zero-order chi connectivity index (χ0) is 14.9. The van der Waals surface area contributed by atoms with Crippen LogP contribution in [-0.2, 0) is 11.3 Å². The maximum atomic E-state index is 12.1. The first-order valence-corrected chi connectivity index (χ1v) is 7.48. The third-order valence-corrected chi connectivity index (χ3v) is 4.55. The molecule has 3 N–H and O–H groups in total. The van der Waals surface area contributed by atoms with Gasteiger partial charge >= 0.3 is 0 Å². The van der Waals surface area contributed by atoms with E-state index in [4.69, 9.17) is 5.73 Å². The van der Waals surface area contributed by atoms with E-state index in [-0.39, 0.29) is 5.91 Å². The monoisotopic (exact) mass is 278 g/mol. The van der Waals surface area contributed by atoms with Crippen LogP contribution in [-0.4, -0.2) is 27.8 Å². The summed E-state index contributed by atoms with van der Waals surface area (Å²) in [6.07, 6.45) is 3.12. The molecule has 1 unspecified atom stereocenters. The Morgan fingerprint density at radius 1 is 1.45 bits per heavy atom. The standard InChI is InChI=1S/C15H26N4O/c1-5-8-17-15(14(16)20,13-6-7-13)9-19-12(4)10(2)11(3)18-19/h13,17H,5-9H2,1-4H3,(H2,16,20). The zero-order valence-corrected chi connectivity index (χ0v) is 13.0. The molecule has 2 rings (SSSR count). The first kappa shape index (κ1) is 15.0. The van der Waals surface area contributed by atoms with E-state index in [0.717, 1.165) is 37.2 Å². The number of primary amides is 1. The van der Waals surface area contributed by atoms with Crippen LogP contribution >= 0.6 is 0 Å². The van der Waals surface area contributed by atoms with Gasteiger partial charge in [0.1, 0.15) is 5.54 Å². The highest BCUT2D eigenvalue weighted by atomic mass is 16.1. The number of carbonyl (C=O) groups is 1. The number of hydrogen-bond donors (Lipinski definition) is 2. The van der Waals surface area contributed by atoms with Crippen LogP contribution in [0.1, 0.15) is 43.1 Å². The Morgan fingerprint density at radius 2 is 2.10 bits per heavy atom. The number of nitrogens with two attached hydrogens (primary N) is 1. The Labute approximate surface area is 120 Å². The van der Waals surface area contributed by atoms with Gasteiger partial charge in [0.15, 0.2) is 0 Å². The van der Waals surface area contributed by atoms with Crippen molar-refractivity contribution in [2.24, 2.45) is 11.7 Å². The summed E-state index contributed by atoms with van der Waals surface area (Å²) in [4.78, 5) is 12.1. The summed E-state index contributed by atoms with van der Waals surface area (Å²) in [5.41, 5.74) is 8.43. The van der Waals surface area contributed by atoms with E-state index in [0.29, 0.717) is 12.5 Å². The molecule has 1 aliphatic carbocycles. The molecule has 1 saturated carbocycles. The molecular formula is C15H26N4O. The molecule has 5 nitrogen and oxygen atoms in total. The first-order chi connectivity index (χ1) is 9.42. The zero-order valence-electron chi connectivity index (χ0n) is 13.0. The Hall–Kier alpha value is -1.36. The Morgan fingerprint density at radius 3 is 2.50 bits per heavy atom. The second-order valence-corrected chi connectivity index (χ2v) is 5.99. The number of amides is 1. The molecule has 5 heteroatoms. The molecule has 0 aromatic carbocycles. The van der Waals surface area contributed by atoms with E-state index in [2.05, 4.69) is 24.3 Å².